The van der Waals surface area contributed by atoms with Crippen LogP contribution in [-0.4, -0.2) is 26.0 Å². The van der Waals surface area contributed by atoms with E-state index in [0.717, 1.165) is 18.2 Å². The Balaban J connectivity index is 2.19. The third kappa shape index (κ3) is 2.64. The number of hydrogen-bond donors (Lipinski definition) is 2. The van der Waals surface area contributed by atoms with Gasteiger partial charge in [0.1, 0.15) is 11.9 Å². The van der Waals surface area contributed by atoms with Crippen LogP contribution in [0.5, 0.6) is 0 Å². The number of nitrogens with zero attached hydrogens (tertiary/aromatic N) is 1. The first-order valence-corrected chi connectivity index (χ1v) is 7.22. The summed E-state index contributed by atoms with van der Waals surface area (Å²) in [5.74, 6) is -1.85. The van der Waals surface area contributed by atoms with E-state index in [4.69, 9.17) is 10.4 Å². The third-order valence-corrected chi connectivity index (χ3v) is 4.68. The Bertz CT molecular complexity index is 705. The normalized spacial score (nSPS) is 16.4. The van der Waals surface area contributed by atoms with E-state index >= 15 is 0 Å². The van der Waals surface area contributed by atoms with Gasteiger partial charge in [-0.2, -0.15) is 5.26 Å². The number of rotatable bonds is 5. The molecule has 0 aliphatic heterocycles. The number of carboxylic acid groups (broad SMARTS) is 1. The minimum Gasteiger partial charge on any atom is -0.481 e. The monoisotopic (exact) mass is 298 g/mol. The quantitative estimate of drug-likeness (QED) is 0.837. The van der Waals surface area contributed by atoms with Crippen LogP contribution in [0.15, 0.2) is 23.1 Å². The molecule has 0 bridgehead atoms. The summed E-state index contributed by atoms with van der Waals surface area (Å²) in [7, 11) is -3.97. The standard InChI is InChI=1S/C12H11FN2O4S/c13-10-2-1-9(5-8(10)6-14)20(18,19)15-7-12(3-4-12)11(16)17/h1-2,5,15H,3-4,7H2,(H,16,17). The lowest BCUT2D eigenvalue weighted by molar-refractivity contribution is -0.143. The number of nitriles is 1. The van der Waals surface area contributed by atoms with Gasteiger partial charge in [0.2, 0.25) is 10.0 Å². The van der Waals surface area contributed by atoms with Gasteiger partial charge < -0.3 is 5.11 Å². The first-order valence-electron chi connectivity index (χ1n) is 5.73. The number of benzene rings is 1. The van der Waals surface area contributed by atoms with Crippen molar-refractivity contribution in [2.75, 3.05) is 6.54 Å². The summed E-state index contributed by atoms with van der Waals surface area (Å²) in [6, 6.07) is 4.38. The molecule has 0 spiro atoms. The number of carboxylic acids is 1. The number of aliphatic carboxylic acids is 1. The van der Waals surface area contributed by atoms with E-state index in [0.29, 0.717) is 12.8 Å². The average molecular weight is 298 g/mol. The van der Waals surface area contributed by atoms with Crippen molar-refractivity contribution < 1.29 is 22.7 Å². The molecule has 0 atom stereocenters. The minimum absolute atomic E-state index is 0.218. The van der Waals surface area contributed by atoms with Gasteiger partial charge in [0.25, 0.3) is 0 Å². The van der Waals surface area contributed by atoms with Crippen LogP contribution in [0.3, 0.4) is 0 Å². The number of carbonyl (C=O) groups is 1. The second kappa shape index (κ2) is 4.85. The van der Waals surface area contributed by atoms with Gasteiger partial charge in [0.05, 0.1) is 15.9 Å². The van der Waals surface area contributed by atoms with Crippen molar-refractivity contribution in [1.82, 2.24) is 4.72 Å². The Kier molecular flexibility index (Phi) is 3.50. The van der Waals surface area contributed by atoms with Gasteiger partial charge in [-0.05, 0) is 31.0 Å². The van der Waals surface area contributed by atoms with E-state index < -0.39 is 27.2 Å². The third-order valence-electron chi connectivity index (χ3n) is 3.28. The van der Waals surface area contributed by atoms with Gasteiger partial charge in [0.15, 0.2) is 0 Å². The molecule has 6 nitrogen and oxygen atoms in total. The molecule has 2 rings (SSSR count). The van der Waals surface area contributed by atoms with E-state index in [2.05, 4.69) is 4.72 Å². The smallest absolute Gasteiger partial charge is 0.310 e. The zero-order chi connectivity index (χ0) is 15.0. The summed E-state index contributed by atoms with van der Waals surface area (Å²) in [5.41, 5.74) is -1.42. The maximum atomic E-state index is 13.1. The van der Waals surface area contributed by atoms with E-state index in [1.54, 1.807) is 6.07 Å². The highest BCUT2D eigenvalue weighted by Crippen LogP contribution is 2.45. The molecule has 1 saturated carbocycles. The van der Waals surface area contributed by atoms with Crippen molar-refractivity contribution >= 4 is 16.0 Å². The highest BCUT2D eigenvalue weighted by atomic mass is 32.2. The molecule has 0 heterocycles. The lowest BCUT2D eigenvalue weighted by Gasteiger charge is -2.11. The van der Waals surface area contributed by atoms with E-state index in [1.807, 2.05) is 0 Å². The van der Waals surface area contributed by atoms with Crippen LogP contribution in [0.2, 0.25) is 0 Å². The number of nitrogens with one attached hydrogen (secondary N) is 1. The molecule has 8 heteroatoms. The molecule has 0 radical (unpaired) electrons. The van der Waals surface area contributed by atoms with E-state index in [-0.39, 0.29) is 17.0 Å². The van der Waals surface area contributed by atoms with Crippen LogP contribution in [0, 0.1) is 22.6 Å². The number of sulfonamides is 1. The van der Waals surface area contributed by atoms with Gasteiger partial charge in [-0.15, -0.1) is 0 Å². The van der Waals surface area contributed by atoms with Crippen LogP contribution in [-0.2, 0) is 14.8 Å². The molecule has 20 heavy (non-hydrogen) atoms. The van der Waals surface area contributed by atoms with Gasteiger partial charge in [-0.3, -0.25) is 4.79 Å². The van der Waals surface area contributed by atoms with Gasteiger partial charge >= 0.3 is 5.97 Å². The topological polar surface area (TPSA) is 107 Å². The summed E-state index contributed by atoms with van der Waals surface area (Å²) < 4.78 is 39.3. The number of halogens is 1. The molecule has 0 saturated heterocycles. The maximum absolute atomic E-state index is 13.1. The molecular weight excluding hydrogens is 287 g/mol. The van der Waals surface area contributed by atoms with Crippen LogP contribution in [0.25, 0.3) is 0 Å². The second-order valence-corrected chi connectivity index (χ2v) is 6.43. The van der Waals surface area contributed by atoms with Crippen molar-refractivity contribution in [1.29, 1.82) is 5.26 Å². The molecule has 1 aromatic rings. The number of hydrogen-bond acceptors (Lipinski definition) is 4. The van der Waals surface area contributed by atoms with E-state index in [1.165, 1.54) is 0 Å². The molecule has 1 aromatic carbocycles. The average Bonchev–Trinajstić information content (AvgIpc) is 3.18. The lowest BCUT2D eigenvalue weighted by atomic mass is 10.1. The first-order chi connectivity index (χ1) is 9.31. The largest absolute Gasteiger partial charge is 0.481 e. The minimum atomic E-state index is -3.97. The summed E-state index contributed by atoms with van der Waals surface area (Å²) >= 11 is 0. The van der Waals surface area contributed by atoms with E-state index in [9.17, 15) is 17.6 Å². The SMILES string of the molecule is N#Cc1cc(S(=O)(=O)NCC2(C(=O)O)CC2)ccc1F. The van der Waals surface area contributed by atoms with Gasteiger partial charge in [-0.1, -0.05) is 0 Å². The molecule has 0 unspecified atom stereocenters. The van der Waals surface area contributed by atoms with Crippen molar-refractivity contribution in [2.45, 2.75) is 17.7 Å². The maximum Gasteiger partial charge on any atom is 0.310 e. The van der Waals surface area contributed by atoms with Gasteiger partial charge in [-0.25, -0.2) is 17.5 Å². The Morgan fingerprint density at radius 2 is 2.15 bits per heavy atom. The molecule has 2 N–H and O–H groups in total. The zero-order valence-corrected chi connectivity index (χ0v) is 11.1. The zero-order valence-electron chi connectivity index (χ0n) is 10.3. The molecule has 0 aromatic heterocycles. The van der Waals surface area contributed by atoms with Crippen molar-refractivity contribution in [3.8, 4) is 6.07 Å². The molecule has 1 fully saturated rings. The predicted molar refractivity (Wildman–Crippen MR) is 65.6 cm³/mol. The summed E-state index contributed by atoms with van der Waals surface area (Å²) in [6.45, 7) is -0.218. The highest BCUT2D eigenvalue weighted by Gasteiger charge is 2.50. The fourth-order valence-corrected chi connectivity index (χ4v) is 2.84. The fourth-order valence-electron chi connectivity index (χ4n) is 1.69. The van der Waals surface area contributed by atoms with Crippen molar-refractivity contribution in [2.24, 2.45) is 5.41 Å². The Morgan fingerprint density at radius 3 is 2.65 bits per heavy atom. The van der Waals surface area contributed by atoms with Crippen LogP contribution in [0.1, 0.15) is 18.4 Å². The second-order valence-electron chi connectivity index (χ2n) is 4.66. The van der Waals surface area contributed by atoms with Crippen LogP contribution < -0.4 is 4.72 Å². The molecular formula is C12H11FN2O4S. The van der Waals surface area contributed by atoms with Gasteiger partial charge in [0, 0.05) is 6.54 Å². The summed E-state index contributed by atoms with van der Waals surface area (Å²) in [5, 5.41) is 17.6. The Morgan fingerprint density at radius 1 is 1.50 bits per heavy atom. The predicted octanol–water partition coefficient (Wildman–Crippen LogP) is 0.840. The van der Waals surface area contributed by atoms with Crippen molar-refractivity contribution in [3.05, 3.63) is 29.6 Å². The van der Waals surface area contributed by atoms with Crippen molar-refractivity contribution in [3.63, 3.8) is 0 Å². The lowest BCUT2D eigenvalue weighted by Crippen LogP contribution is -2.34. The first kappa shape index (κ1) is 14.4. The summed E-state index contributed by atoms with van der Waals surface area (Å²) in [4.78, 5) is 10.7. The van der Waals surface area contributed by atoms with Crippen LogP contribution >= 0.6 is 0 Å². The highest BCUT2D eigenvalue weighted by molar-refractivity contribution is 7.89. The summed E-state index contributed by atoms with van der Waals surface area (Å²) in [6.07, 6.45) is 0.829. The molecule has 1 aliphatic carbocycles. The molecule has 106 valence electrons. The Labute approximate surface area is 114 Å². The Hall–Kier alpha value is -1.98. The van der Waals surface area contributed by atoms with Crippen LogP contribution in [0.4, 0.5) is 4.39 Å². The molecule has 1 aliphatic rings. The fraction of sp³-hybridized carbons (Fsp3) is 0.333. The molecule has 0 amide bonds.